The van der Waals surface area contributed by atoms with E-state index in [2.05, 4.69) is 6.07 Å². The third-order valence-electron chi connectivity index (χ3n) is 3.38. The van der Waals surface area contributed by atoms with E-state index in [1.54, 1.807) is 30.1 Å². The van der Waals surface area contributed by atoms with Gasteiger partial charge in [-0.05, 0) is 49.2 Å². The summed E-state index contributed by atoms with van der Waals surface area (Å²) in [6, 6.07) is 11.2. The van der Waals surface area contributed by atoms with E-state index >= 15 is 0 Å². The molecule has 0 unspecified atom stereocenters. The predicted octanol–water partition coefficient (Wildman–Crippen LogP) is 3.17. The van der Waals surface area contributed by atoms with Crippen molar-refractivity contribution in [3.8, 4) is 5.75 Å². The minimum Gasteiger partial charge on any atom is -0.494 e. The molecule has 2 N–H and O–H groups in total. The van der Waals surface area contributed by atoms with E-state index in [0.717, 1.165) is 16.8 Å². The lowest BCUT2D eigenvalue weighted by Crippen LogP contribution is -2.27. The van der Waals surface area contributed by atoms with Crippen molar-refractivity contribution in [3.05, 3.63) is 53.1 Å². The maximum absolute atomic E-state index is 12.7. The number of amides is 1. The number of nitrogens with two attached hydrogens (primary N) is 1. The van der Waals surface area contributed by atoms with Crippen molar-refractivity contribution < 1.29 is 9.53 Å². The minimum absolute atomic E-state index is 0.149. The quantitative estimate of drug-likeness (QED) is 0.881. The second-order valence-corrected chi connectivity index (χ2v) is 5.14. The number of ether oxygens (including phenoxy) is 1. The molecular weight excluding hydrogens is 264 g/mol. The maximum Gasteiger partial charge on any atom is 0.261 e. The number of rotatable bonds is 3. The molecule has 110 valence electrons. The number of para-hydroxylation sites is 1. The van der Waals surface area contributed by atoms with Crippen LogP contribution in [0.3, 0.4) is 0 Å². The summed E-state index contributed by atoms with van der Waals surface area (Å²) in [5.41, 5.74) is 9.85. The van der Waals surface area contributed by atoms with Gasteiger partial charge in [-0.25, -0.2) is 0 Å². The summed E-state index contributed by atoms with van der Waals surface area (Å²) in [5.74, 6) is 0.267. The van der Waals surface area contributed by atoms with Crippen LogP contribution in [0.5, 0.6) is 5.75 Å². The van der Waals surface area contributed by atoms with E-state index in [-0.39, 0.29) is 5.91 Å². The van der Waals surface area contributed by atoms with Crippen LogP contribution in [0.2, 0.25) is 0 Å². The predicted molar refractivity (Wildman–Crippen MR) is 86.1 cm³/mol. The number of carbonyl (C=O) groups is 1. The smallest absolute Gasteiger partial charge is 0.261 e. The molecule has 21 heavy (non-hydrogen) atoms. The zero-order chi connectivity index (χ0) is 15.6. The molecule has 2 aromatic carbocycles. The molecule has 0 radical (unpaired) electrons. The number of methoxy groups -OCH3 is 1. The van der Waals surface area contributed by atoms with Gasteiger partial charge in [0.05, 0.1) is 18.4 Å². The summed E-state index contributed by atoms with van der Waals surface area (Å²) in [7, 11) is 3.26. The molecule has 0 aliphatic heterocycles. The number of aryl methyl sites for hydroxylation is 2. The van der Waals surface area contributed by atoms with Crippen molar-refractivity contribution >= 4 is 17.3 Å². The number of anilines is 2. The Balaban J connectivity index is 2.42. The largest absolute Gasteiger partial charge is 0.494 e. The Morgan fingerprint density at radius 1 is 1.14 bits per heavy atom. The lowest BCUT2D eigenvalue weighted by atomic mass is 10.1. The zero-order valence-corrected chi connectivity index (χ0v) is 12.8. The van der Waals surface area contributed by atoms with Gasteiger partial charge in [-0.1, -0.05) is 12.1 Å². The Morgan fingerprint density at radius 2 is 1.76 bits per heavy atom. The van der Waals surface area contributed by atoms with Gasteiger partial charge in [0.1, 0.15) is 0 Å². The molecule has 1 amide bonds. The van der Waals surface area contributed by atoms with Crippen molar-refractivity contribution in [2.45, 2.75) is 13.8 Å². The number of hydrogen-bond acceptors (Lipinski definition) is 3. The summed E-state index contributed by atoms with van der Waals surface area (Å²) in [4.78, 5) is 14.3. The molecule has 2 aromatic rings. The molecule has 0 spiro atoms. The summed E-state index contributed by atoms with van der Waals surface area (Å²) >= 11 is 0. The monoisotopic (exact) mass is 284 g/mol. The molecule has 0 atom stereocenters. The number of carbonyl (C=O) groups excluding carboxylic acids is 1. The standard InChI is InChI=1S/C17H20N2O2/c1-11-8-12(2)10-13(9-11)19(3)17(20)14-6-5-7-15(18)16(14)21-4/h5-10H,18H2,1-4H3. The second-order valence-electron chi connectivity index (χ2n) is 5.14. The molecule has 0 aliphatic rings. The fraction of sp³-hybridized carbons (Fsp3) is 0.235. The Morgan fingerprint density at radius 3 is 2.33 bits per heavy atom. The van der Waals surface area contributed by atoms with E-state index in [4.69, 9.17) is 10.5 Å². The third kappa shape index (κ3) is 2.99. The highest BCUT2D eigenvalue weighted by Gasteiger charge is 2.19. The van der Waals surface area contributed by atoms with Crippen LogP contribution in [-0.2, 0) is 0 Å². The van der Waals surface area contributed by atoms with Crippen LogP contribution in [0.25, 0.3) is 0 Å². The first-order chi connectivity index (χ1) is 9.93. The van der Waals surface area contributed by atoms with E-state index in [9.17, 15) is 4.79 Å². The zero-order valence-electron chi connectivity index (χ0n) is 12.8. The number of hydrogen-bond donors (Lipinski definition) is 1. The van der Waals surface area contributed by atoms with E-state index in [1.165, 1.54) is 7.11 Å². The van der Waals surface area contributed by atoms with Crippen LogP contribution < -0.4 is 15.4 Å². The average molecular weight is 284 g/mol. The van der Waals surface area contributed by atoms with Crippen LogP contribution in [0.15, 0.2) is 36.4 Å². The van der Waals surface area contributed by atoms with Gasteiger partial charge in [-0.3, -0.25) is 4.79 Å². The van der Waals surface area contributed by atoms with Crippen LogP contribution >= 0.6 is 0 Å². The van der Waals surface area contributed by atoms with Crippen molar-refractivity contribution in [1.82, 2.24) is 0 Å². The van der Waals surface area contributed by atoms with Crippen molar-refractivity contribution in [2.24, 2.45) is 0 Å². The highest BCUT2D eigenvalue weighted by Crippen LogP contribution is 2.28. The van der Waals surface area contributed by atoms with Gasteiger partial charge < -0.3 is 15.4 Å². The fourth-order valence-electron chi connectivity index (χ4n) is 2.39. The summed E-state index contributed by atoms with van der Waals surface area (Å²) in [6.45, 7) is 4.02. The number of benzene rings is 2. The van der Waals surface area contributed by atoms with Gasteiger partial charge in [0.15, 0.2) is 5.75 Å². The van der Waals surface area contributed by atoms with Gasteiger partial charge in [0.2, 0.25) is 0 Å². The lowest BCUT2D eigenvalue weighted by Gasteiger charge is -2.20. The average Bonchev–Trinajstić information content (AvgIpc) is 2.44. The Bertz CT molecular complexity index is 660. The molecule has 0 aliphatic carbocycles. The van der Waals surface area contributed by atoms with E-state index in [0.29, 0.717) is 17.0 Å². The first-order valence-corrected chi connectivity index (χ1v) is 6.73. The van der Waals surface area contributed by atoms with Crippen molar-refractivity contribution in [3.63, 3.8) is 0 Å². The third-order valence-corrected chi connectivity index (χ3v) is 3.38. The Kier molecular flexibility index (Phi) is 4.17. The number of nitrogen functional groups attached to an aromatic ring is 1. The maximum atomic E-state index is 12.7. The summed E-state index contributed by atoms with van der Waals surface area (Å²) < 4.78 is 5.26. The molecule has 0 bridgehead atoms. The summed E-state index contributed by atoms with van der Waals surface area (Å²) in [5, 5.41) is 0. The van der Waals surface area contributed by atoms with Gasteiger partial charge >= 0.3 is 0 Å². The lowest BCUT2D eigenvalue weighted by molar-refractivity contribution is 0.0990. The molecule has 0 aromatic heterocycles. The summed E-state index contributed by atoms with van der Waals surface area (Å²) in [6.07, 6.45) is 0. The topological polar surface area (TPSA) is 55.6 Å². The molecule has 0 saturated carbocycles. The van der Waals surface area contributed by atoms with Crippen LogP contribution in [0.4, 0.5) is 11.4 Å². The van der Waals surface area contributed by atoms with E-state index < -0.39 is 0 Å². The molecule has 0 fully saturated rings. The highest BCUT2D eigenvalue weighted by molar-refractivity contribution is 6.08. The normalized spacial score (nSPS) is 10.3. The van der Waals surface area contributed by atoms with Crippen LogP contribution in [0.1, 0.15) is 21.5 Å². The fourth-order valence-corrected chi connectivity index (χ4v) is 2.39. The van der Waals surface area contributed by atoms with Crippen molar-refractivity contribution in [1.29, 1.82) is 0 Å². The first-order valence-electron chi connectivity index (χ1n) is 6.73. The first kappa shape index (κ1) is 14.9. The number of nitrogens with zero attached hydrogens (tertiary/aromatic N) is 1. The molecular formula is C17H20N2O2. The Hall–Kier alpha value is -2.49. The van der Waals surface area contributed by atoms with Gasteiger partial charge in [-0.2, -0.15) is 0 Å². The van der Waals surface area contributed by atoms with Crippen molar-refractivity contribution in [2.75, 3.05) is 24.8 Å². The minimum atomic E-state index is -0.149. The molecule has 4 nitrogen and oxygen atoms in total. The van der Waals surface area contributed by atoms with Crippen LogP contribution in [0, 0.1) is 13.8 Å². The highest BCUT2D eigenvalue weighted by atomic mass is 16.5. The van der Waals surface area contributed by atoms with E-state index in [1.807, 2.05) is 26.0 Å². The molecule has 4 heteroatoms. The molecule has 0 saturated heterocycles. The molecule has 2 rings (SSSR count). The SMILES string of the molecule is COc1c(N)cccc1C(=O)N(C)c1cc(C)cc(C)c1. The van der Waals surface area contributed by atoms with Gasteiger partial charge in [0, 0.05) is 12.7 Å². The Labute approximate surface area is 125 Å². The van der Waals surface area contributed by atoms with Gasteiger partial charge in [0.25, 0.3) is 5.91 Å². The van der Waals surface area contributed by atoms with Gasteiger partial charge in [-0.15, -0.1) is 0 Å². The van der Waals surface area contributed by atoms with Crippen LogP contribution in [-0.4, -0.2) is 20.1 Å². The molecule has 0 heterocycles. The second kappa shape index (κ2) is 5.87.